The van der Waals surface area contributed by atoms with Gasteiger partial charge in [-0.25, -0.2) is 4.79 Å². The van der Waals surface area contributed by atoms with Crippen molar-refractivity contribution in [2.45, 2.75) is 32.3 Å². The third kappa shape index (κ3) is 3.30. The summed E-state index contributed by atoms with van der Waals surface area (Å²) in [6, 6.07) is 1.65. The first-order chi connectivity index (χ1) is 10.5. The zero-order chi connectivity index (χ0) is 16.3. The number of rotatable bonds is 5. The second-order valence-corrected chi connectivity index (χ2v) is 5.71. The monoisotopic (exact) mass is 307 g/mol. The fourth-order valence-corrected chi connectivity index (χ4v) is 2.33. The SMILES string of the molecule is C#C[C@H]1[C@H](O)[C@@H](CO)O[C@H]1n1ccc(NCC(C)C)nc1=O. The molecule has 0 bridgehead atoms. The summed E-state index contributed by atoms with van der Waals surface area (Å²) in [4.78, 5) is 16.1. The van der Waals surface area contributed by atoms with E-state index in [2.05, 4.69) is 30.1 Å². The first kappa shape index (κ1) is 16.5. The number of nitrogens with one attached hydrogen (secondary N) is 1. The molecule has 1 saturated heterocycles. The van der Waals surface area contributed by atoms with Crippen molar-refractivity contribution in [3.63, 3.8) is 0 Å². The van der Waals surface area contributed by atoms with Gasteiger partial charge in [0.1, 0.15) is 18.0 Å². The smallest absolute Gasteiger partial charge is 0.351 e. The third-order valence-corrected chi connectivity index (χ3v) is 3.54. The summed E-state index contributed by atoms with van der Waals surface area (Å²) in [5, 5.41) is 22.2. The van der Waals surface area contributed by atoms with Gasteiger partial charge in [0, 0.05) is 12.7 Å². The minimum absolute atomic E-state index is 0.369. The lowest BCUT2D eigenvalue weighted by atomic mass is 10.0. The summed E-state index contributed by atoms with van der Waals surface area (Å²) in [6.07, 6.45) is 4.27. The third-order valence-electron chi connectivity index (χ3n) is 3.54. The number of nitrogens with zero attached hydrogens (tertiary/aromatic N) is 2. The molecule has 0 radical (unpaired) electrons. The lowest BCUT2D eigenvalue weighted by Gasteiger charge is -2.18. The number of anilines is 1. The molecule has 120 valence electrons. The van der Waals surface area contributed by atoms with Crippen LogP contribution in [0.2, 0.25) is 0 Å². The number of hydrogen-bond donors (Lipinski definition) is 3. The van der Waals surface area contributed by atoms with Crippen LogP contribution in [0.4, 0.5) is 5.82 Å². The van der Waals surface area contributed by atoms with Crippen molar-refractivity contribution in [2.24, 2.45) is 11.8 Å². The van der Waals surface area contributed by atoms with Crippen LogP contribution >= 0.6 is 0 Å². The molecule has 2 heterocycles. The molecule has 22 heavy (non-hydrogen) atoms. The molecule has 3 N–H and O–H groups in total. The van der Waals surface area contributed by atoms with Gasteiger partial charge in [-0.2, -0.15) is 4.98 Å². The lowest BCUT2D eigenvalue weighted by molar-refractivity contribution is -0.0469. The Morgan fingerprint density at radius 3 is 2.86 bits per heavy atom. The first-order valence-electron chi connectivity index (χ1n) is 7.21. The van der Waals surface area contributed by atoms with Gasteiger partial charge < -0.3 is 20.3 Å². The van der Waals surface area contributed by atoms with Gasteiger partial charge in [-0.05, 0) is 12.0 Å². The van der Waals surface area contributed by atoms with Gasteiger partial charge in [0.05, 0.1) is 12.5 Å². The maximum absolute atomic E-state index is 12.2. The highest BCUT2D eigenvalue weighted by molar-refractivity contribution is 5.31. The predicted molar refractivity (Wildman–Crippen MR) is 81.2 cm³/mol. The highest BCUT2D eigenvalue weighted by atomic mass is 16.5. The summed E-state index contributed by atoms with van der Waals surface area (Å²) in [5.74, 6) is 2.60. The number of hydrogen-bond acceptors (Lipinski definition) is 6. The van der Waals surface area contributed by atoms with Crippen LogP contribution in [0, 0.1) is 24.2 Å². The summed E-state index contributed by atoms with van der Waals surface area (Å²) in [6.45, 7) is 4.43. The molecule has 1 aliphatic rings. The van der Waals surface area contributed by atoms with E-state index in [1.807, 2.05) is 0 Å². The molecular weight excluding hydrogens is 286 g/mol. The van der Waals surface area contributed by atoms with Gasteiger partial charge in [0.15, 0.2) is 6.23 Å². The molecule has 1 aliphatic heterocycles. The summed E-state index contributed by atoms with van der Waals surface area (Å²) in [7, 11) is 0. The number of ether oxygens (including phenoxy) is 1. The summed E-state index contributed by atoms with van der Waals surface area (Å²) in [5.41, 5.74) is -0.523. The van der Waals surface area contributed by atoms with Crippen molar-refractivity contribution >= 4 is 5.82 Å². The minimum atomic E-state index is -1.02. The van der Waals surface area contributed by atoms with Crippen molar-refractivity contribution in [1.29, 1.82) is 0 Å². The molecule has 0 unspecified atom stereocenters. The maximum Gasteiger partial charge on any atom is 0.351 e. The predicted octanol–water partition coefficient (Wildman–Crippen LogP) is -0.189. The van der Waals surface area contributed by atoms with Gasteiger partial charge >= 0.3 is 5.69 Å². The van der Waals surface area contributed by atoms with Crippen LogP contribution < -0.4 is 11.0 Å². The van der Waals surface area contributed by atoms with E-state index >= 15 is 0 Å². The molecule has 7 heteroatoms. The Labute approximate surface area is 129 Å². The number of aliphatic hydroxyl groups is 2. The van der Waals surface area contributed by atoms with E-state index in [4.69, 9.17) is 11.2 Å². The second-order valence-electron chi connectivity index (χ2n) is 5.71. The molecule has 7 nitrogen and oxygen atoms in total. The number of terminal acetylenes is 1. The fraction of sp³-hybridized carbons (Fsp3) is 0.600. The van der Waals surface area contributed by atoms with E-state index in [0.29, 0.717) is 18.3 Å². The molecule has 4 atom stereocenters. The molecule has 0 aromatic carbocycles. The van der Waals surface area contributed by atoms with E-state index in [-0.39, 0.29) is 6.61 Å². The Morgan fingerprint density at radius 2 is 2.32 bits per heavy atom. The zero-order valence-electron chi connectivity index (χ0n) is 12.6. The highest BCUT2D eigenvalue weighted by Crippen LogP contribution is 2.33. The van der Waals surface area contributed by atoms with Crippen LogP contribution in [0.15, 0.2) is 17.1 Å². The van der Waals surface area contributed by atoms with Gasteiger partial charge in [-0.15, -0.1) is 6.42 Å². The molecule has 1 aromatic rings. The molecule has 0 saturated carbocycles. The topological polar surface area (TPSA) is 96.6 Å². The average molecular weight is 307 g/mol. The molecule has 2 rings (SSSR count). The van der Waals surface area contributed by atoms with E-state index in [1.165, 1.54) is 10.8 Å². The lowest BCUT2D eigenvalue weighted by Crippen LogP contribution is -2.31. The highest BCUT2D eigenvalue weighted by Gasteiger charge is 2.43. The van der Waals surface area contributed by atoms with Crippen LogP contribution in [0.3, 0.4) is 0 Å². The van der Waals surface area contributed by atoms with E-state index in [0.717, 1.165) is 0 Å². The first-order valence-corrected chi connectivity index (χ1v) is 7.21. The van der Waals surface area contributed by atoms with Crippen LogP contribution in [-0.2, 0) is 4.74 Å². The molecular formula is C15H21N3O4. The quantitative estimate of drug-likeness (QED) is 0.653. The molecule has 1 aromatic heterocycles. The van der Waals surface area contributed by atoms with E-state index < -0.39 is 30.0 Å². The van der Waals surface area contributed by atoms with Crippen molar-refractivity contribution in [1.82, 2.24) is 9.55 Å². The van der Waals surface area contributed by atoms with Gasteiger partial charge in [-0.1, -0.05) is 19.8 Å². The van der Waals surface area contributed by atoms with Gasteiger partial charge in [-0.3, -0.25) is 4.57 Å². The number of aromatic nitrogens is 2. The van der Waals surface area contributed by atoms with Crippen molar-refractivity contribution in [3.8, 4) is 12.3 Å². The molecule has 0 aliphatic carbocycles. The summed E-state index contributed by atoms with van der Waals surface area (Å²) >= 11 is 0. The van der Waals surface area contributed by atoms with Crippen molar-refractivity contribution < 1.29 is 14.9 Å². The van der Waals surface area contributed by atoms with Crippen LogP contribution in [-0.4, -0.2) is 45.1 Å². The Balaban J connectivity index is 2.22. The molecule has 0 amide bonds. The van der Waals surface area contributed by atoms with Gasteiger partial charge in [0.2, 0.25) is 0 Å². The normalized spacial score (nSPS) is 27.8. The van der Waals surface area contributed by atoms with Gasteiger partial charge in [0.25, 0.3) is 0 Å². The zero-order valence-corrected chi connectivity index (χ0v) is 12.6. The largest absolute Gasteiger partial charge is 0.394 e. The number of aliphatic hydroxyl groups excluding tert-OH is 2. The Bertz CT molecular complexity index is 608. The minimum Gasteiger partial charge on any atom is -0.394 e. The van der Waals surface area contributed by atoms with E-state index in [9.17, 15) is 15.0 Å². The second kappa shape index (κ2) is 6.92. The Hall–Kier alpha value is -1.88. The standard InChI is InChI=1S/C15H21N3O4/c1-4-10-13(20)11(8-19)22-14(10)18-6-5-12(17-15(18)21)16-7-9(2)3/h1,5-6,9-11,13-14,19-20H,7-8H2,2-3H3,(H,16,17,21)/t10-,11+,13-,14+/m0/s1. The Kier molecular flexibility index (Phi) is 5.19. The molecule has 1 fully saturated rings. The van der Waals surface area contributed by atoms with Crippen molar-refractivity contribution in [3.05, 3.63) is 22.7 Å². The summed E-state index contributed by atoms with van der Waals surface area (Å²) < 4.78 is 6.73. The van der Waals surface area contributed by atoms with Crippen LogP contribution in [0.1, 0.15) is 20.1 Å². The fourth-order valence-electron chi connectivity index (χ4n) is 2.33. The van der Waals surface area contributed by atoms with E-state index in [1.54, 1.807) is 6.07 Å². The maximum atomic E-state index is 12.2. The average Bonchev–Trinajstić information content (AvgIpc) is 2.81. The molecule has 0 spiro atoms. The van der Waals surface area contributed by atoms with Crippen LogP contribution in [0.5, 0.6) is 0 Å². The Morgan fingerprint density at radius 1 is 1.59 bits per heavy atom. The van der Waals surface area contributed by atoms with Crippen LogP contribution in [0.25, 0.3) is 0 Å². The van der Waals surface area contributed by atoms with Crippen molar-refractivity contribution in [2.75, 3.05) is 18.5 Å².